The molecular formula is C56H43BN2O2S. The highest BCUT2D eigenvalue weighted by Crippen LogP contribution is 2.49. The van der Waals surface area contributed by atoms with Gasteiger partial charge >= 0.3 is 0 Å². The standard InChI is InChI=1S/C56H43BN2O2S/c1-55(2,3)30-19-22-32(23-20-30)58-41-29-46-36(33-13-7-10-16-44(33)60-46)26-38(41)51-52-53-49(50-35-15-8-11-17-45(35)61-54(50)51)39-25-31(56(4,5)6)21-24-42(39)59(53)43-27-37-34-14-9-12-18-47(34)62-48(37)28-40(43)57-52/h7-29,57-58H,1-6H3. The Morgan fingerprint density at radius 2 is 1.24 bits per heavy atom. The van der Waals surface area contributed by atoms with Crippen LogP contribution < -0.4 is 16.2 Å². The number of nitrogens with one attached hydrogen (secondary N) is 1. The summed E-state index contributed by atoms with van der Waals surface area (Å²) in [5.74, 6) is 0. The number of benzene rings is 8. The van der Waals surface area contributed by atoms with Crippen molar-refractivity contribution in [2.75, 3.05) is 5.32 Å². The Morgan fingerprint density at radius 3 is 2.02 bits per heavy atom. The lowest BCUT2D eigenvalue weighted by Gasteiger charge is -2.24. The molecule has 298 valence electrons. The summed E-state index contributed by atoms with van der Waals surface area (Å²) in [7, 11) is 0.755. The van der Waals surface area contributed by atoms with Gasteiger partial charge < -0.3 is 18.7 Å². The minimum absolute atomic E-state index is 0.0305. The van der Waals surface area contributed by atoms with Crippen LogP contribution in [0.1, 0.15) is 52.7 Å². The van der Waals surface area contributed by atoms with E-state index in [-0.39, 0.29) is 10.8 Å². The molecule has 8 aromatic carbocycles. The van der Waals surface area contributed by atoms with E-state index in [0.29, 0.717) is 0 Å². The van der Waals surface area contributed by atoms with Gasteiger partial charge in [0.1, 0.15) is 22.3 Å². The molecule has 4 aromatic heterocycles. The maximum Gasteiger partial charge on any atom is 0.198 e. The summed E-state index contributed by atoms with van der Waals surface area (Å²) in [5.41, 5.74) is 16.7. The van der Waals surface area contributed by atoms with Crippen LogP contribution in [-0.4, -0.2) is 11.8 Å². The first-order valence-electron chi connectivity index (χ1n) is 21.7. The van der Waals surface area contributed by atoms with Crippen LogP contribution in [0.5, 0.6) is 0 Å². The Kier molecular flexibility index (Phi) is 7.21. The highest BCUT2D eigenvalue weighted by molar-refractivity contribution is 7.26. The zero-order valence-electron chi connectivity index (χ0n) is 35.7. The van der Waals surface area contributed by atoms with Gasteiger partial charge in [0.25, 0.3) is 0 Å². The van der Waals surface area contributed by atoms with Crippen molar-refractivity contribution in [1.29, 1.82) is 0 Å². The number of fused-ring (bicyclic) bond motifs is 15. The van der Waals surface area contributed by atoms with Crippen molar-refractivity contribution in [3.05, 3.63) is 151 Å². The lowest BCUT2D eigenvalue weighted by atomic mass is 9.58. The molecule has 13 rings (SSSR count). The zero-order valence-corrected chi connectivity index (χ0v) is 36.5. The number of rotatable bonds is 3. The van der Waals surface area contributed by atoms with E-state index in [2.05, 4.69) is 185 Å². The number of hydrogen-bond acceptors (Lipinski definition) is 4. The molecule has 5 heterocycles. The fourth-order valence-corrected chi connectivity index (χ4v) is 11.5. The molecule has 12 aromatic rings. The van der Waals surface area contributed by atoms with Gasteiger partial charge in [-0.15, -0.1) is 11.3 Å². The summed E-state index contributed by atoms with van der Waals surface area (Å²) in [6, 6.07) is 51.4. The van der Waals surface area contributed by atoms with E-state index in [9.17, 15) is 0 Å². The smallest absolute Gasteiger partial charge is 0.198 e. The predicted molar refractivity (Wildman–Crippen MR) is 267 cm³/mol. The predicted octanol–water partition coefficient (Wildman–Crippen LogP) is 14.7. The number of anilines is 2. The maximum atomic E-state index is 7.25. The van der Waals surface area contributed by atoms with Crippen LogP contribution >= 0.6 is 11.3 Å². The fraction of sp³-hybridized carbons (Fsp3) is 0.143. The minimum atomic E-state index is -0.0305. The summed E-state index contributed by atoms with van der Waals surface area (Å²) in [4.78, 5) is 0. The average Bonchev–Trinajstić information content (AvgIpc) is 4.01. The normalized spacial score (nSPS) is 13.1. The molecule has 0 amide bonds. The number of thiophene rings is 1. The lowest BCUT2D eigenvalue weighted by Crippen LogP contribution is -2.37. The molecule has 0 spiro atoms. The Labute approximate surface area is 363 Å². The molecule has 0 fully saturated rings. The third-order valence-corrected chi connectivity index (χ3v) is 14.6. The van der Waals surface area contributed by atoms with Gasteiger partial charge in [0.15, 0.2) is 7.28 Å². The number of nitrogens with zero attached hydrogens (tertiary/aromatic N) is 1. The van der Waals surface area contributed by atoms with E-state index in [0.717, 1.165) is 73.7 Å². The summed E-state index contributed by atoms with van der Waals surface area (Å²) in [6.45, 7) is 13.7. The maximum absolute atomic E-state index is 7.25. The van der Waals surface area contributed by atoms with Crippen LogP contribution in [0.3, 0.4) is 0 Å². The fourth-order valence-electron chi connectivity index (χ4n) is 10.4. The van der Waals surface area contributed by atoms with E-state index in [1.165, 1.54) is 69.7 Å². The first kappa shape index (κ1) is 35.9. The van der Waals surface area contributed by atoms with Gasteiger partial charge in [-0.05, 0) is 88.1 Å². The molecule has 0 unspecified atom stereocenters. The Morgan fingerprint density at radius 1 is 0.548 bits per heavy atom. The van der Waals surface area contributed by atoms with Gasteiger partial charge in [0, 0.05) is 81.1 Å². The van der Waals surface area contributed by atoms with Crippen molar-refractivity contribution < 1.29 is 8.83 Å². The molecule has 0 saturated heterocycles. The molecular weight excluding hydrogens is 776 g/mol. The SMILES string of the molecule is CC(C)(C)c1ccc(Nc2cc3oc4ccccc4c3cc2-c2c3c4c(c5cc(C(C)(C)C)ccc5n4-c4cc5c(cc4B3)sc3ccccc35)c3c2oc2ccccc23)cc1. The quantitative estimate of drug-likeness (QED) is 0.181. The molecule has 1 N–H and O–H groups in total. The molecule has 0 saturated carbocycles. The third kappa shape index (κ3) is 5.07. The molecule has 4 nitrogen and oxygen atoms in total. The van der Waals surface area contributed by atoms with E-state index >= 15 is 0 Å². The number of para-hydroxylation sites is 2. The van der Waals surface area contributed by atoms with Gasteiger partial charge in [-0.25, -0.2) is 0 Å². The van der Waals surface area contributed by atoms with Crippen molar-refractivity contribution in [2.24, 2.45) is 0 Å². The van der Waals surface area contributed by atoms with Crippen LogP contribution in [0.2, 0.25) is 0 Å². The van der Waals surface area contributed by atoms with E-state index in [1.807, 2.05) is 17.4 Å². The largest absolute Gasteiger partial charge is 0.456 e. The Balaban J connectivity index is 1.20. The average molecular weight is 819 g/mol. The van der Waals surface area contributed by atoms with E-state index in [4.69, 9.17) is 8.83 Å². The second-order valence-electron chi connectivity index (χ2n) is 19.4. The number of hydrogen-bond donors (Lipinski definition) is 1. The summed E-state index contributed by atoms with van der Waals surface area (Å²) >= 11 is 1.89. The second-order valence-corrected chi connectivity index (χ2v) is 20.5. The van der Waals surface area contributed by atoms with Crippen LogP contribution in [0.25, 0.3) is 103 Å². The minimum Gasteiger partial charge on any atom is -0.456 e. The molecule has 0 aliphatic carbocycles. The highest BCUT2D eigenvalue weighted by atomic mass is 32.1. The van der Waals surface area contributed by atoms with Crippen molar-refractivity contribution in [2.45, 2.75) is 52.4 Å². The van der Waals surface area contributed by atoms with Gasteiger partial charge in [-0.2, -0.15) is 0 Å². The van der Waals surface area contributed by atoms with Gasteiger partial charge in [-0.1, -0.05) is 120 Å². The number of aromatic nitrogens is 1. The van der Waals surface area contributed by atoms with Crippen LogP contribution in [0.15, 0.2) is 148 Å². The Hall–Kier alpha value is -6.76. The monoisotopic (exact) mass is 818 g/mol. The van der Waals surface area contributed by atoms with Crippen molar-refractivity contribution in [3.63, 3.8) is 0 Å². The molecule has 1 aliphatic rings. The summed E-state index contributed by atoms with van der Waals surface area (Å²) < 4.78 is 19.1. The van der Waals surface area contributed by atoms with Crippen LogP contribution in [0, 0.1) is 0 Å². The topological polar surface area (TPSA) is 43.2 Å². The van der Waals surface area contributed by atoms with Crippen molar-refractivity contribution in [1.82, 2.24) is 4.57 Å². The molecule has 62 heavy (non-hydrogen) atoms. The van der Waals surface area contributed by atoms with Gasteiger partial charge in [0.2, 0.25) is 0 Å². The van der Waals surface area contributed by atoms with Crippen LogP contribution in [-0.2, 0) is 10.8 Å². The molecule has 0 atom stereocenters. The molecule has 0 radical (unpaired) electrons. The third-order valence-electron chi connectivity index (χ3n) is 13.5. The Bertz CT molecular complexity index is 3880. The van der Waals surface area contributed by atoms with Crippen molar-refractivity contribution >= 4 is 127 Å². The first-order valence-corrected chi connectivity index (χ1v) is 22.5. The van der Waals surface area contributed by atoms with Crippen molar-refractivity contribution in [3.8, 4) is 16.8 Å². The lowest BCUT2D eigenvalue weighted by molar-refractivity contribution is 0.590. The van der Waals surface area contributed by atoms with Gasteiger partial charge in [0.05, 0.1) is 16.7 Å². The highest BCUT2D eigenvalue weighted by Gasteiger charge is 2.33. The van der Waals surface area contributed by atoms with E-state index < -0.39 is 0 Å². The molecule has 6 heteroatoms. The number of furan rings is 2. The molecule has 1 aliphatic heterocycles. The van der Waals surface area contributed by atoms with E-state index in [1.54, 1.807) is 0 Å². The molecule has 0 bridgehead atoms. The zero-order chi connectivity index (χ0) is 41.8. The van der Waals surface area contributed by atoms with Gasteiger partial charge in [-0.3, -0.25) is 0 Å². The van der Waals surface area contributed by atoms with Crippen LogP contribution in [0.4, 0.5) is 11.4 Å². The second kappa shape index (κ2) is 12.4. The first-order chi connectivity index (χ1) is 30.0. The summed E-state index contributed by atoms with van der Waals surface area (Å²) in [6.07, 6.45) is 0. The summed E-state index contributed by atoms with van der Waals surface area (Å²) in [5, 5.41) is 13.5.